The number of fused-ring (bicyclic) bond motifs is 1. The first kappa shape index (κ1) is 18.8. The number of aromatic nitrogens is 1. The SMILES string of the molecule is COc1ccccc1-c1cc(C(=O)N/N=C/c2ccc(C)s2)c2ccccc2n1. The first-order valence-corrected chi connectivity index (χ1v) is 9.90. The van der Waals surface area contributed by atoms with E-state index in [1.807, 2.05) is 67.6 Å². The Bertz CT molecular complexity index is 1210. The molecule has 29 heavy (non-hydrogen) atoms. The first-order valence-electron chi connectivity index (χ1n) is 9.09. The van der Waals surface area contributed by atoms with Crippen molar-refractivity contribution in [2.24, 2.45) is 5.10 Å². The number of aryl methyl sites for hydroxylation is 1. The highest BCUT2D eigenvalue weighted by Gasteiger charge is 2.15. The van der Waals surface area contributed by atoms with Gasteiger partial charge < -0.3 is 4.74 Å². The predicted molar refractivity (Wildman–Crippen MR) is 118 cm³/mol. The normalized spacial score (nSPS) is 11.1. The van der Waals surface area contributed by atoms with Crippen LogP contribution >= 0.6 is 11.3 Å². The third-order valence-corrected chi connectivity index (χ3v) is 5.40. The topological polar surface area (TPSA) is 63.6 Å². The van der Waals surface area contributed by atoms with Crippen molar-refractivity contribution < 1.29 is 9.53 Å². The monoisotopic (exact) mass is 401 g/mol. The Balaban J connectivity index is 1.72. The van der Waals surface area contributed by atoms with Crippen molar-refractivity contribution in [1.82, 2.24) is 10.4 Å². The van der Waals surface area contributed by atoms with E-state index in [0.717, 1.165) is 21.3 Å². The van der Waals surface area contributed by atoms with Gasteiger partial charge in [0.2, 0.25) is 0 Å². The van der Waals surface area contributed by atoms with Gasteiger partial charge in [0.05, 0.1) is 30.1 Å². The number of amides is 1. The van der Waals surface area contributed by atoms with Gasteiger partial charge in [-0.05, 0) is 43.3 Å². The van der Waals surface area contributed by atoms with Crippen molar-refractivity contribution in [3.05, 3.63) is 82.0 Å². The van der Waals surface area contributed by atoms with Gasteiger partial charge in [-0.2, -0.15) is 5.10 Å². The number of benzene rings is 2. The molecule has 0 atom stereocenters. The molecular weight excluding hydrogens is 382 g/mol. The van der Waals surface area contributed by atoms with Crippen LogP contribution in [0.5, 0.6) is 5.75 Å². The summed E-state index contributed by atoms with van der Waals surface area (Å²) in [5.74, 6) is 0.414. The fourth-order valence-electron chi connectivity index (χ4n) is 3.10. The molecule has 5 nitrogen and oxygen atoms in total. The van der Waals surface area contributed by atoms with Gasteiger partial charge in [0.15, 0.2) is 0 Å². The van der Waals surface area contributed by atoms with Gasteiger partial charge in [0, 0.05) is 20.7 Å². The molecule has 1 amide bonds. The van der Waals surface area contributed by atoms with E-state index in [-0.39, 0.29) is 5.91 Å². The van der Waals surface area contributed by atoms with Crippen LogP contribution in [0.2, 0.25) is 0 Å². The van der Waals surface area contributed by atoms with Crippen LogP contribution in [0, 0.1) is 6.92 Å². The molecule has 6 heteroatoms. The Morgan fingerprint density at radius 1 is 1.10 bits per heavy atom. The molecule has 0 bridgehead atoms. The Morgan fingerprint density at radius 3 is 2.69 bits per heavy atom. The van der Waals surface area contributed by atoms with E-state index in [0.29, 0.717) is 17.0 Å². The van der Waals surface area contributed by atoms with E-state index in [9.17, 15) is 4.79 Å². The van der Waals surface area contributed by atoms with Gasteiger partial charge in [-0.15, -0.1) is 11.3 Å². The standard InChI is InChI=1S/C23H19N3O2S/c1-15-11-12-16(29-15)14-24-26-23(27)19-13-21(18-8-4-6-10-22(18)28-2)25-20-9-5-3-7-17(19)20/h3-14H,1-2H3,(H,26,27)/b24-14+. The quantitative estimate of drug-likeness (QED) is 0.376. The lowest BCUT2D eigenvalue weighted by Crippen LogP contribution is -2.18. The summed E-state index contributed by atoms with van der Waals surface area (Å²) in [6.07, 6.45) is 1.65. The van der Waals surface area contributed by atoms with Gasteiger partial charge in [0.1, 0.15) is 5.75 Å². The number of hydrazone groups is 1. The summed E-state index contributed by atoms with van der Waals surface area (Å²) >= 11 is 1.62. The fraction of sp³-hybridized carbons (Fsp3) is 0.0870. The van der Waals surface area contributed by atoms with E-state index in [2.05, 4.69) is 10.5 Å². The maximum Gasteiger partial charge on any atom is 0.272 e. The molecule has 0 spiro atoms. The lowest BCUT2D eigenvalue weighted by Gasteiger charge is -2.11. The zero-order valence-electron chi connectivity index (χ0n) is 16.0. The number of pyridine rings is 1. The average Bonchev–Trinajstić information content (AvgIpc) is 3.17. The number of rotatable bonds is 5. The molecule has 0 aliphatic carbocycles. The number of hydrogen-bond acceptors (Lipinski definition) is 5. The molecule has 0 saturated heterocycles. The van der Waals surface area contributed by atoms with Crippen LogP contribution in [-0.2, 0) is 0 Å². The fourth-order valence-corrected chi connectivity index (χ4v) is 3.84. The smallest absolute Gasteiger partial charge is 0.272 e. The molecule has 0 saturated carbocycles. The van der Waals surface area contributed by atoms with E-state index in [1.54, 1.807) is 30.7 Å². The molecule has 0 radical (unpaired) electrons. The largest absolute Gasteiger partial charge is 0.496 e. The maximum absolute atomic E-state index is 12.9. The highest BCUT2D eigenvalue weighted by Crippen LogP contribution is 2.31. The maximum atomic E-state index is 12.9. The molecule has 4 aromatic rings. The van der Waals surface area contributed by atoms with Gasteiger partial charge in [-0.3, -0.25) is 4.79 Å². The zero-order valence-corrected chi connectivity index (χ0v) is 16.9. The van der Waals surface area contributed by atoms with Gasteiger partial charge in [-0.25, -0.2) is 10.4 Å². The minimum atomic E-state index is -0.288. The van der Waals surface area contributed by atoms with Crippen molar-refractivity contribution in [2.45, 2.75) is 6.92 Å². The molecule has 0 aliphatic heterocycles. The predicted octanol–water partition coefficient (Wildman–Crippen LogP) is 5.04. The summed E-state index contributed by atoms with van der Waals surface area (Å²) in [4.78, 5) is 19.8. The number of para-hydroxylation sites is 2. The summed E-state index contributed by atoms with van der Waals surface area (Å²) in [6, 6.07) is 21.0. The van der Waals surface area contributed by atoms with Crippen molar-refractivity contribution in [2.75, 3.05) is 7.11 Å². The Kier molecular flexibility index (Phi) is 5.35. The van der Waals surface area contributed by atoms with Crippen LogP contribution in [0.4, 0.5) is 0 Å². The van der Waals surface area contributed by atoms with Crippen molar-refractivity contribution >= 4 is 34.4 Å². The minimum absolute atomic E-state index is 0.288. The second-order valence-electron chi connectivity index (χ2n) is 6.42. The van der Waals surface area contributed by atoms with Crippen LogP contribution in [0.1, 0.15) is 20.1 Å². The third-order valence-electron chi connectivity index (χ3n) is 4.46. The number of thiophene rings is 1. The molecule has 4 rings (SSSR count). The van der Waals surface area contributed by atoms with Crippen LogP contribution in [0.25, 0.3) is 22.2 Å². The molecule has 144 valence electrons. The summed E-state index contributed by atoms with van der Waals surface area (Å²) < 4.78 is 5.47. The number of hydrogen-bond donors (Lipinski definition) is 1. The molecular formula is C23H19N3O2S. The van der Waals surface area contributed by atoms with Gasteiger partial charge in [0.25, 0.3) is 5.91 Å². The highest BCUT2D eigenvalue weighted by atomic mass is 32.1. The highest BCUT2D eigenvalue weighted by molar-refractivity contribution is 7.13. The van der Waals surface area contributed by atoms with E-state index in [1.165, 1.54) is 4.88 Å². The molecule has 0 fully saturated rings. The van der Waals surface area contributed by atoms with Gasteiger partial charge >= 0.3 is 0 Å². The average molecular weight is 401 g/mol. The molecule has 1 N–H and O–H groups in total. The number of carbonyl (C=O) groups is 1. The zero-order chi connectivity index (χ0) is 20.2. The summed E-state index contributed by atoms with van der Waals surface area (Å²) in [5, 5.41) is 4.88. The summed E-state index contributed by atoms with van der Waals surface area (Å²) in [6.45, 7) is 2.03. The molecule has 0 unspecified atom stereocenters. The second kappa shape index (κ2) is 8.24. The second-order valence-corrected chi connectivity index (χ2v) is 7.74. The molecule has 0 aliphatic rings. The molecule has 2 heterocycles. The summed E-state index contributed by atoms with van der Waals surface area (Å²) in [5.41, 5.74) is 5.38. The Hall–Kier alpha value is -3.51. The Morgan fingerprint density at radius 2 is 1.90 bits per heavy atom. The van der Waals surface area contributed by atoms with E-state index < -0.39 is 0 Å². The summed E-state index contributed by atoms with van der Waals surface area (Å²) in [7, 11) is 1.62. The van der Waals surface area contributed by atoms with E-state index >= 15 is 0 Å². The van der Waals surface area contributed by atoms with E-state index in [4.69, 9.17) is 9.72 Å². The van der Waals surface area contributed by atoms with Crippen LogP contribution < -0.4 is 10.2 Å². The number of carbonyl (C=O) groups excluding carboxylic acids is 1. The molecule has 2 aromatic carbocycles. The van der Waals surface area contributed by atoms with Crippen LogP contribution in [0.3, 0.4) is 0 Å². The van der Waals surface area contributed by atoms with Crippen LogP contribution in [0.15, 0.2) is 71.8 Å². The lowest BCUT2D eigenvalue weighted by molar-refractivity contribution is 0.0956. The lowest BCUT2D eigenvalue weighted by atomic mass is 10.0. The van der Waals surface area contributed by atoms with Crippen molar-refractivity contribution in [3.8, 4) is 17.0 Å². The van der Waals surface area contributed by atoms with Gasteiger partial charge in [-0.1, -0.05) is 30.3 Å². The van der Waals surface area contributed by atoms with Crippen LogP contribution in [-0.4, -0.2) is 24.2 Å². The molecule has 2 aromatic heterocycles. The van der Waals surface area contributed by atoms with Crippen molar-refractivity contribution in [3.63, 3.8) is 0 Å². The number of ether oxygens (including phenoxy) is 1. The number of methoxy groups -OCH3 is 1. The minimum Gasteiger partial charge on any atom is -0.496 e. The first-order chi connectivity index (χ1) is 14.2. The third kappa shape index (κ3) is 4.02. The van der Waals surface area contributed by atoms with Crippen molar-refractivity contribution in [1.29, 1.82) is 0 Å². The number of nitrogens with one attached hydrogen (secondary N) is 1. The Labute approximate surface area is 172 Å². The number of nitrogens with zero attached hydrogens (tertiary/aromatic N) is 2.